The third-order valence-corrected chi connectivity index (χ3v) is 5.00. The fraction of sp³-hybridized carbons (Fsp3) is 0.208. The maximum Gasteiger partial charge on any atom is 0.293 e. The first-order valence-corrected chi connectivity index (χ1v) is 10.5. The monoisotopic (exact) mass is 468 g/mol. The van der Waals surface area contributed by atoms with Gasteiger partial charge in [0.2, 0.25) is 0 Å². The van der Waals surface area contributed by atoms with E-state index >= 15 is 0 Å². The number of nitrogens with zero attached hydrogens (tertiary/aromatic N) is 2. The van der Waals surface area contributed by atoms with Gasteiger partial charge in [0, 0.05) is 27.3 Å². The van der Waals surface area contributed by atoms with Gasteiger partial charge in [-0.3, -0.25) is 9.59 Å². The van der Waals surface area contributed by atoms with Crippen molar-refractivity contribution in [2.24, 2.45) is 5.73 Å². The van der Waals surface area contributed by atoms with Crippen molar-refractivity contribution in [2.75, 3.05) is 0 Å². The highest BCUT2D eigenvalue weighted by molar-refractivity contribution is 6.32. The Labute approximate surface area is 196 Å². The van der Waals surface area contributed by atoms with E-state index in [4.69, 9.17) is 28.9 Å². The zero-order valence-corrected chi connectivity index (χ0v) is 19.6. The fourth-order valence-corrected chi connectivity index (χ4v) is 3.51. The van der Waals surface area contributed by atoms with Gasteiger partial charge < -0.3 is 11.1 Å². The molecule has 164 valence electrons. The predicted octanol–water partition coefficient (Wildman–Crippen LogP) is 4.52. The van der Waals surface area contributed by atoms with E-state index < -0.39 is 11.4 Å². The minimum Gasteiger partial charge on any atom is -0.359 e. The van der Waals surface area contributed by atoms with Crippen LogP contribution in [0.4, 0.5) is 0 Å². The summed E-state index contributed by atoms with van der Waals surface area (Å²) in [5.41, 5.74) is 8.25. The first-order valence-electron chi connectivity index (χ1n) is 9.76. The smallest absolute Gasteiger partial charge is 0.293 e. The molecule has 0 saturated heterocycles. The molecule has 1 aromatic heterocycles. The molecule has 32 heavy (non-hydrogen) atoms. The highest BCUT2D eigenvalue weighted by Gasteiger charge is 2.25. The van der Waals surface area contributed by atoms with Crippen molar-refractivity contribution < 1.29 is 9.59 Å². The van der Waals surface area contributed by atoms with Gasteiger partial charge in [0.05, 0.1) is 16.4 Å². The number of primary amides is 1. The Balaban J connectivity index is 2.19. The molecular formula is C24H22Cl2N4O2. The van der Waals surface area contributed by atoms with E-state index in [-0.39, 0.29) is 5.91 Å². The molecule has 2 amide bonds. The van der Waals surface area contributed by atoms with Crippen molar-refractivity contribution >= 4 is 35.0 Å². The third kappa shape index (κ3) is 5.31. The number of carbonyl (C=O) groups is 2. The highest BCUT2D eigenvalue weighted by atomic mass is 35.5. The second-order valence-electron chi connectivity index (χ2n) is 8.23. The number of hydrogen-bond donors (Lipinski definition) is 2. The van der Waals surface area contributed by atoms with Crippen LogP contribution in [-0.2, 0) is 4.79 Å². The normalized spacial score (nSPS) is 10.9. The molecule has 2 aromatic carbocycles. The van der Waals surface area contributed by atoms with Gasteiger partial charge >= 0.3 is 0 Å². The van der Waals surface area contributed by atoms with Crippen LogP contribution < -0.4 is 11.1 Å². The molecule has 0 saturated carbocycles. The van der Waals surface area contributed by atoms with Crippen molar-refractivity contribution in [1.29, 1.82) is 0 Å². The molecule has 0 spiro atoms. The number of hydrogen-bond acceptors (Lipinski definition) is 3. The van der Waals surface area contributed by atoms with Gasteiger partial charge in [0.15, 0.2) is 5.69 Å². The molecule has 3 N–H and O–H groups in total. The molecule has 6 nitrogen and oxygen atoms in total. The number of rotatable bonds is 3. The van der Waals surface area contributed by atoms with E-state index in [1.807, 2.05) is 39.8 Å². The maximum absolute atomic E-state index is 12.9. The number of amides is 2. The molecule has 0 aliphatic carbocycles. The summed E-state index contributed by atoms with van der Waals surface area (Å²) in [5.74, 6) is 3.93. The Morgan fingerprint density at radius 1 is 1.09 bits per heavy atom. The summed E-state index contributed by atoms with van der Waals surface area (Å²) in [4.78, 5) is 23.9. The number of carbonyl (C=O) groups excluding carboxylic acids is 2. The summed E-state index contributed by atoms with van der Waals surface area (Å²) in [5, 5.41) is 8.50. The molecular weight excluding hydrogens is 447 g/mol. The maximum atomic E-state index is 12.9. The van der Waals surface area contributed by atoms with Gasteiger partial charge in [-0.05, 0) is 63.9 Å². The van der Waals surface area contributed by atoms with Crippen molar-refractivity contribution in [3.63, 3.8) is 0 Å². The lowest BCUT2D eigenvalue weighted by molar-refractivity contribution is -0.112. The predicted molar refractivity (Wildman–Crippen MR) is 127 cm³/mol. The van der Waals surface area contributed by atoms with Gasteiger partial charge in [-0.25, -0.2) is 4.68 Å². The van der Waals surface area contributed by atoms with Crippen molar-refractivity contribution in [2.45, 2.75) is 33.2 Å². The van der Waals surface area contributed by atoms with Crippen LogP contribution >= 0.6 is 23.2 Å². The Morgan fingerprint density at radius 3 is 2.31 bits per heavy atom. The highest BCUT2D eigenvalue weighted by Crippen LogP contribution is 2.32. The zero-order chi connectivity index (χ0) is 23.6. The molecule has 3 aromatic rings. The van der Waals surface area contributed by atoms with Crippen molar-refractivity contribution in [3.8, 4) is 28.8 Å². The van der Waals surface area contributed by atoms with Crippen LogP contribution in [0.3, 0.4) is 0 Å². The number of halogens is 2. The van der Waals surface area contributed by atoms with Crippen molar-refractivity contribution in [1.82, 2.24) is 15.1 Å². The Hall–Kier alpha value is -3.27. The van der Waals surface area contributed by atoms with E-state index in [0.717, 1.165) is 5.56 Å². The Kier molecular flexibility index (Phi) is 6.63. The van der Waals surface area contributed by atoms with E-state index in [0.29, 0.717) is 38.2 Å². The lowest BCUT2D eigenvalue weighted by Crippen LogP contribution is -2.41. The van der Waals surface area contributed by atoms with Crippen LogP contribution in [0.2, 0.25) is 10.0 Å². The van der Waals surface area contributed by atoms with Crippen LogP contribution in [0.1, 0.15) is 42.4 Å². The van der Waals surface area contributed by atoms with Crippen LogP contribution in [0.5, 0.6) is 0 Å². The average molecular weight is 469 g/mol. The molecule has 0 fully saturated rings. The molecule has 0 aliphatic heterocycles. The van der Waals surface area contributed by atoms with Crippen LogP contribution in [0.25, 0.3) is 16.9 Å². The number of benzene rings is 2. The van der Waals surface area contributed by atoms with E-state index in [1.165, 1.54) is 0 Å². The molecule has 0 atom stereocenters. The Bertz CT molecular complexity index is 1260. The second-order valence-corrected chi connectivity index (χ2v) is 9.07. The molecule has 0 bridgehead atoms. The summed E-state index contributed by atoms with van der Waals surface area (Å²) in [6.45, 7) is 7.55. The van der Waals surface area contributed by atoms with Crippen LogP contribution in [-0.4, -0.2) is 27.1 Å². The lowest BCUT2D eigenvalue weighted by atomic mass is 10.0. The summed E-state index contributed by atoms with van der Waals surface area (Å²) >= 11 is 12.6. The SMILES string of the molecule is Cc1c(C(=O)NC(C)(C)C)nn(-c2ccc(C#CC(N)=O)cc2Cl)c1-c1ccc(Cl)cc1. The standard InChI is InChI=1S/C24H22Cl2N4O2/c1-14-21(23(32)28-24(2,3)4)29-30(22(14)16-7-9-17(25)10-8-16)19-11-5-15(13-18(19)26)6-12-20(27)31/h5,7-11,13H,1-4H3,(H2,27,31)(H,28,32). The van der Waals surface area contributed by atoms with Gasteiger partial charge in [-0.1, -0.05) is 41.3 Å². The van der Waals surface area contributed by atoms with Gasteiger partial charge in [0.1, 0.15) is 0 Å². The number of aromatic nitrogens is 2. The molecule has 3 rings (SSSR count). The lowest BCUT2D eigenvalue weighted by Gasteiger charge is -2.19. The Morgan fingerprint density at radius 2 is 1.75 bits per heavy atom. The van der Waals surface area contributed by atoms with Gasteiger partial charge in [-0.2, -0.15) is 5.10 Å². The minimum absolute atomic E-state index is 0.288. The first-order chi connectivity index (χ1) is 15.0. The minimum atomic E-state index is -0.729. The third-order valence-electron chi connectivity index (χ3n) is 4.45. The first kappa shape index (κ1) is 23.4. The fourth-order valence-electron chi connectivity index (χ4n) is 3.12. The summed E-state index contributed by atoms with van der Waals surface area (Å²) in [7, 11) is 0. The molecule has 0 radical (unpaired) electrons. The molecule has 8 heteroatoms. The van der Waals surface area contributed by atoms with Crippen molar-refractivity contribution in [3.05, 3.63) is 69.3 Å². The van der Waals surface area contributed by atoms with Crippen LogP contribution in [0.15, 0.2) is 42.5 Å². The van der Waals surface area contributed by atoms with E-state index in [1.54, 1.807) is 35.0 Å². The van der Waals surface area contributed by atoms with E-state index in [2.05, 4.69) is 22.3 Å². The van der Waals surface area contributed by atoms with Crippen LogP contribution in [0, 0.1) is 18.8 Å². The van der Waals surface area contributed by atoms with Gasteiger partial charge in [0.25, 0.3) is 11.8 Å². The average Bonchev–Trinajstić information content (AvgIpc) is 3.03. The summed E-state index contributed by atoms with van der Waals surface area (Å²) < 4.78 is 1.63. The number of nitrogens with one attached hydrogen (secondary N) is 1. The topological polar surface area (TPSA) is 90.0 Å². The quantitative estimate of drug-likeness (QED) is 0.553. The zero-order valence-electron chi connectivity index (χ0n) is 18.1. The second kappa shape index (κ2) is 9.07. The molecule has 0 aliphatic rings. The summed E-state index contributed by atoms with van der Waals surface area (Å²) in [6, 6.07) is 12.3. The number of nitrogens with two attached hydrogens (primary N) is 1. The summed E-state index contributed by atoms with van der Waals surface area (Å²) in [6.07, 6.45) is 0. The molecule has 1 heterocycles. The van der Waals surface area contributed by atoms with E-state index in [9.17, 15) is 9.59 Å². The largest absolute Gasteiger partial charge is 0.359 e. The molecule has 0 unspecified atom stereocenters. The van der Waals surface area contributed by atoms with Gasteiger partial charge in [-0.15, -0.1) is 0 Å².